The van der Waals surface area contributed by atoms with Gasteiger partial charge in [-0.15, -0.1) is 0 Å². The second-order valence-electron chi connectivity index (χ2n) is 6.07. The zero-order valence-electron chi connectivity index (χ0n) is 14.0. The number of nitrogens with one attached hydrogen (secondary N) is 1. The molecule has 1 aromatic heterocycles. The van der Waals surface area contributed by atoms with Crippen molar-refractivity contribution < 1.29 is 0 Å². The van der Waals surface area contributed by atoms with Crippen LogP contribution in [0.2, 0.25) is 0 Å². The van der Waals surface area contributed by atoms with Gasteiger partial charge in [0.05, 0.1) is 0 Å². The lowest BCUT2D eigenvalue weighted by Gasteiger charge is -2.03. The number of aromatic nitrogens is 1. The monoisotopic (exact) mass is 321 g/mol. The van der Waals surface area contributed by atoms with Gasteiger partial charge in [-0.25, -0.2) is 0 Å². The van der Waals surface area contributed by atoms with Gasteiger partial charge in [-0.1, -0.05) is 73.9 Å². The first-order valence-corrected chi connectivity index (χ1v) is 8.36. The summed E-state index contributed by atoms with van der Waals surface area (Å²) in [5.41, 5.74) is 6.97. The number of hydrogen-bond acceptors (Lipinski definition) is 0. The third-order valence-corrected chi connectivity index (χ3v) is 4.56. The van der Waals surface area contributed by atoms with Crippen molar-refractivity contribution in [2.75, 3.05) is 0 Å². The molecular weight excluding hydrogens is 302 g/mol. The summed E-state index contributed by atoms with van der Waals surface area (Å²) in [6.45, 7) is 7.71. The zero-order valence-corrected chi connectivity index (χ0v) is 14.0. The summed E-state index contributed by atoms with van der Waals surface area (Å²) in [6, 6.07) is 23.5. The smallest absolute Gasteiger partial charge is 0.0465 e. The van der Waals surface area contributed by atoms with Gasteiger partial charge in [-0.05, 0) is 46.5 Å². The van der Waals surface area contributed by atoms with Gasteiger partial charge in [0.1, 0.15) is 0 Å². The van der Waals surface area contributed by atoms with Crippen LogP contribution in [0.3, 0.4) is 0 Å². The van der Waals surface area contributed by atoms with E-state index in [0.29, 0.717) is 0 Å². The Kier molecular flexibility index (Phi) is 3.83. The minimum atomic E-state index is 1.07. The largest absolute Gasteiger partial charge is 0.355 e. The molecule has 120 valence electrons. The normalized spacial score (nSPS) is 11.8. The van der Waals surface area contributed by atoms with Crippen LogP contribution < -0.4 is 0 Å². The van der Waals surface area contributed by atoms with Gasteiger partial charge in [-0.3, -0.25) is 0 Å². The highest BCUT2D eigenvalue weighted by molar-refractivity contribution is 6.09. The maximum Gasteiger partial charge on any atom is 0.0465 e. The highest BCUT2D eigenvalue weighted by atomic mass is 14.7. The Morgan fingerprint density at radius 2 is 1.48 bits per heavy atom. The Hall–Kier alpha value is -3.32. The Labute approximate surface area is 147 Å². The summed E-state index contributed by atoms with van der Waals surface area (Å²) in [7, 11) is 0. The molecule has 3 aromatic carbocycles. The van der Waals surface area contributed by atoms with E-state index >= 15 is 0 Å². The molecule has 0 amide bonds. The van der Waals surface area contributed by atoms with E-state index in [2.05, 4.69) is 78.8 Å². The highest BCUT2D eigenvalue weighted by Crippen LogP contribution is 2.32. The third-order valence-electron chi connectivity index (χ3n) is 4.56. The summed E-state index contributed by atoms with van der Waals surface area (Å²) >= 11 is 0. The van der Waals surface area contributed by atoms with E-state index in [1.54, 1.807) is 6.08 Å². The Bertz CT molecular complexity index is 1110. The van der Waals surface area contributed by atoms with Crippen LogP contribution >= 0.6 is 0 Å². The van der Waals surface area contributed by atoms with Crippen LogP contribution in [-0.2, 0) is 0 Å². The molecule has 1 nitrogen and oxygen atoms in total. The van der Waals surface area contributed by atoms with Gasteiger partial charge in [-0.2, -0.15) is 0 Å². The molecule has 0 radical (unpaired) electrons. The van der Waals surface area contributed by atoms with Crippen molar-refractivity contribution in [2.45, 2.75) is 0 Å². The van der Waals surface area contributed by atoms with Crippen molar-refractivity contribution >= 4 is 27.4 Å². The van der Waals surface area contributed by atoms with Crippen LogP contribution in [0.4, 0.5) is 0 Å². The Balaban J connectivity index is 1.94. The topological polar surface area (TPSA) is 15.8 Å². The standard InChI is InChI=1S/C24H19N/c1-3-8-17(4-2)19-11-13-23-21(15-19)22-16-20(12-14-24(22)25-23)18-9-6-5-7-10-18/h3-16,25H,1-2H2/b17-8+. The molecule has 0 atom stereocenters. The van der Waals surface area contributed by atoms with Crippen LogP contribution in [0.15, 0.2) is 98.1 Å². The zero-order chi connectivity index (χ0) is 17.2. The second-order valence-corrected chi connectivity index (χ2v) is 6.07. The second kappa shape index (κ2) is 6.29. The summed E-state index contributed by atoms with van der Waals surface area (Å²) < 4.78 is 0. The lowest BCUT2D eigenvalue weighted by atomic mass is 10.00. The van der Waals surface area contributed by atoms with E-state index in [1.807, 2.05) is 18.2 Å². The highest BCUT2D eigenvalue weighted by Gasteiger charge is 2.08. The van der Waals surface area contributed by atoms with Crippen LogP contribution in [-0.4, -0.2) is 4.98 Å². The Morgan fingerprint density at radius 1 is 0.760 bits per heavy atom. The first-order chi connectivity index (χ1) is 12.3. The molecule has 0 aliphatic rings. The quantitative estimate of drug-likeness (QED) is 0.400. The third kappa shape index (κ3) is 2.70. The average Bonchev–Trinajstić information content (AvgIpc) is 3.04. The number of H-pyrrole nitrogens is 1. The van der Waals surface area contributed by atoms with Gasteiger partial charge in [0.2, 0.25) is 0 Å². The predicted octanol–water partition coefficient (Wildman–Crippen LogP) is 6.74. The molecule has 0 fully saturated rings. The summed E-state index contributed by atoms with van der Waals surface area (Å²) in [4.78, 5) is 3.51. The van der Waals surface area contributed by atoms with Crippen molar-refractivity contribution in [3.05, 3.63) is 104 Å². The molecule has 1 heteroatoms. The number of fused-ring (bicyclic) bond motifs is 3. The summed E-state index contributed by atoms with van der Waals surface area (Å²) in [5, 5.41) is 2.46. The first kappa shape index (κ1) is 15.2. The molecule has 0 unspecified atom stereocenters. The minimum Gasteiger partial charge on any atom is -0.355 e. The summed E-state index contributed by atoms with van der Waals surface area (Å²) in [6.07, 6.45) is 5.65. The number of benzene rings is 3. The van der Waals surface area contributed by atoms with Crippen LogP contribution in [0.25, 0.3) is 38.5 Å². The Morgan fingerprint density at radius 3 is 2.20 bits per heavy atom. The van der Waals surface area contributed by atoms with Gasteiger partial charge >= 0.3 is 0 Å². The number of allylic oxidation sites excluding steroid dienone is 4. The number of aromatic amines is 1. The van der Waals surface area contributed by atoms with Crippen molar-refractivity contribution in [2.24, 2.45) is 0 Å². The molecule has 1 N–H and O–H groups in total. The fraction of sp³-hybridized carbons (Fsp3) is 0. The van der Waals surface area contributed by atoms with Crippen LogP contribution in [0.1, 0.15) is 5.56 Å². The molecule has 0 aliphatic heterocycles. The van der Waals surface area contributed by atoms with Gasteiger partial charge in [0.25, 0.3) is 0 Å². The van der Waals surface area contributed by atoms with Crippen LogP contribution in [0.5, 0.6) is 0 Å². The molecule has 25 heavy (non-hydrogen) atoms. The van der Waals surface area contributed by atoms with E-state index in [1.165, 1.54) is 21.9 Å². The van der Waals surface area contributed by atoms with Crippen molar-refractivity contribution in [3.8, 4) is 11.1 Å². The number of hydrogen-bond donors (Lipinski definition) is 1. The molecule has 0 aliphatic carbocycles. The van der Waals surface area contributed by atoms with E-state index in [9.17, 15) is 0 Å². The van der Waals surface area contributed by atoms with Crippen molar-refractivity contribution in [1.82, 2.24) is 4.98 Å². The van der Waals surface area contributed by atoms with E-state index in [-0.39, 0.29) is 0 Å². The van der Waals surface area contributed by atoms with E-state index < -0.39 is 0 Å². The molecule has 0 bridgehead atoms. The van der Waals surface area contributed by atoms with Gasteiger partial charge in [0, 0.05) is 21.8 Å². The van der Waals surface area contributed by atoms with Crippen molar-refractivity contribution in [1.29, 1.82) is 0 Å². The maximum absolute atomic E-state index is 3.92. The molecular formula is C24H19N. The predicted molar refractivity (Wildman–Crippen MR) is 110 cm³/mol. The fourth-order valence-electron chi connectivity index (χ4n) is 3.30. The molecule has 0 saturated carbocycles. The lowest BCUT2D eigenvalue weighted by Crippen LogP contribution is -1.80. The summed E-state index contributed by atoms with van der Waals surface area (Å²) in [5.74, 6) is 0. The molecule has 1 heterocycles. The maximum atomic E-state index is 3.92. The molecule has 4 rings (SSSR count). The van der Waals surface area contributed by atoms with Gasteiger partial charge in [0.15, 0.2) is 0 Å². The molecule has 0 saturated heterocycles. The molecule has 0 spiro atoms. The lowest BCUT2D eigenvalue weighted by molar-refractivity contribution is 1.54. The first-order valence-electron chi connectivity index (χ1n) is 8.36. The number of rotatable bonds is 4. The van der Waals surface area contributed by atoms with Gasteiger partial charge < -0.3 is 4.98 Å². The van der Waals surface area contributed by atoms with E-state index in [4.69, 9.17) is 0 Å². The SMILES string of the molecule is C=C/C=C(\C=C)c1ccc2[nH]c3ccc(-c4ccccc4)cc3c2c1. The van der Waals surface area contributed by atoms with E-state index in [0.717, 1.165) is 22.2 Å². The molecule has 4 aromatic rings. The van der Waals surface area contributed by atoms with Crippen molar-refractivity contribution in [3.63, 3.8) is 0 Å². The minimum absolute atomic E-state index is 1.07. The van der Waals surface area contributed by atoms with Crippen LogP contribution in [0, 0.1) is 0 Å². The average molecular weight is 321 g/mol. The fourth-order valence-corrected chi connectivity index (χ4v) is 3.30.